The van der Waals surface area contributed by atoms with E-state index in [2.05, 4.69) is 13.8 Å². The van der Waals surface area contributed by atoms with Crippen LogP contribution in [0.25, 0.3) is 0 Å². The number of hydrogen-bond donors (Lipinski definition) is 1. The summed E-state index contributed by atoms with van der Waals surface area (Å²) >= 11 is 0. The molecule has 60 valence electrons. The lowest BCUT2D eigenvalue weighted by Crippen LogP contribution is -2.38. The number of hydrogen-bond acceptors (Lipinski definition) is 2. The van der Waals surface area contributed by atoms with Crippen molar-refractivity contribution in [3.63, 3.8) is 0 Å². The van der Waals surface area contributed by atoms with Crippen molar-refractivity contribution in [3.8, 4) is 0 Å². The predicted octanol–water partition coefficient (Wildman–Crippen LogP) is 1.29. The standard InChI is InChI=1S/C8H17NO/c1-8(2)5-3-4-7(6-9)10-8/h7H,3-6,9H2,1-2H3/t7-/m0/s1. The summed E-state index contributed by atoms with van der Waals surface area (Å²) in [6.07, 6.45) is 3.88. The lowest BCUT2D eigenvalue weighted by atomic mass is 9.95. The largest absolute Gasteiger partial charge is 0.371 e. The van der Waals surface area contributed by atoms with Gasteiger partial charge in [-0.2, -0.15) is 0 Å². The van der Waals surface area contributed by atoms with Crippen molar-refractivity contribution in [2.75, 3.05) is 6.54 Å². The monoisotopic (exact) mass is 143 g/mol. The fourth-order valence-electron chi connectivity index (χ4n) is 1.49. The molecule has 0 unspecified atom stereocenters. The van der Waals surface area contributed by atoms with E-state index in [4.69, 9.17) is 10.5 Å². The highest BCUT2D eigenvalue weighted by Crippen LogP contribution is 2.26. The van der Waals surface area contributed by atoms with E-state index in [1.807, 2.05) is 0 Å². The fourth-order valence-corrected chi connectivity index (χ4v) is 1.49. The minimum absolute atomic E-state index is 0.0717. The maximum absolute atomic E-state index is 5.70. The van der Waals surface area contributed by atoms with Crippen molar-refractivity contribution in [3.05, 3.63) is 0 Å². The van der Waals surface area contributed by atoms with Gasteiger partial charge in [0.1, 0.15) is 0 Å². The second-order valence-electron chi connectivity index (χ2n) is 3.63. The third-order valence-corrected chi connectivity index (χ3v) is 2.05. The van der Waals surface area contributed by atoms with Crippen LogP contribution in [0.3, 0.4) is 0 Å². The van der Waals surface area contributed by atoms with Gasteiger partial charge >= 0.3 is 0 Å². The molecule has 2 nitrogen and oxygen atoms in total. The summed E-state index contributed by atoms with van der Waals surface area (Å²) in [4.78, 5) is 0. The van der Waals surface area contributed by atoms with Gasteiger partial charge in [-0.15, -0.1) is 0 Å². The summed E-state index contributed by atoms with van der Waals surface area (Å²) in [6, 6.07) is 0. The van der Waals surface area contributed by atoms with Gasteiger partial charge in [-0.3, -0.25) is 0 Å². The quantitative estimate of drug-likeness (QED) is 0.600. The molecule has 0 spiro atoms. The van der Waals surface area contributed by atoms with Crippen molar-refractivity contribution < 1.29 is 4.74 Å². The molecule has 10 heavy (non-hydrogen) atoms. The van der Waals surface area contributed by atoms with Gasteiger partial charge in [-0.25, -0.2) is 0 Å². The lowest BCUT2D eigenvalue weighted by Gasteiger charge is -2.35. The van der Waals surface area contributed by atoms with Crippen LogP contribution in [0.4, 0.5) is 0 Å². The van der Waals surface area contributed by atoms with Crippen LogP contribution in [0, 0.1) is 0 Å². The molecule has 0 saturated carbocycles. The Bertz CT molecular complexity index is 112. The fraction of sp³-hybridized carbons (Fsp3) is 1.00. The summed E-state index contributed by atoms with van der Waals surface area (Å²) in [5.41, 5.74) is 5.57. The first-order valence-corrected chi connectivity index (χ1v) is 4.02. The molecule has 0 aromatic heterocycles. The van der Waals surface area contributed by atoms with Gasteiger partial charge in [0.25, 0.3) is 0 Å². The summed E-state index contributed by atoms with van der Waals surface area (Å²) in [5, 5.41) is 0. The Labute approximate surface area is 62.7 Å². The van der Waals surface area contributed by atoms with Gasteiger partial charge < -0.3 is 10.5 Å². The maximum atomic E-state index is 5.70. The normalized spacial score (nSPS) is 32.1. The Hall–Kier alpha value is -0.0800. The van der Waals surface area contributed by atoms with Crippen LogP contribution in [0.1, 0.15) is 33.1 Å². The highest BCUT2D eigenvalue weighted by molar-refractivity contribution is 4.77. The smallest absolute Gasteiger partial charge is 0.0704 e. The van der Waals surface area contributed by atoms with Crippen LogP contribution in [0.15, 0.2) is 0 Å². The average Bonchev–Trinajstić information content (AvgIpc) is 1.86. The highest BCUT2D eigenvalue weighted by atomic mass is 16.5. The summed E-state index contributed by atoms with van der Waals surface area (Å²) in [5.74, 6) is 0. The predicted molar refractivity (Wildman–Crippen MR) is 41.9 cm³/mol. The van der Waals surface area contributed by atoms with Crippen molar-refractivity contribution in [2.45, 2.75) is 44.8 Å². The van der Waals surface area contributed by atoms with E-state index in [1.165, 1.54) is 12.8 Å². The molecule has 1 aliphatic rings. The summed E-state index contributed by atoms with van der Waals surface area (Å²) in [7, 11) is 0. The molecule has 0 aromatic carbocycles. The average molecular weight is 143 g/mol. The van der Waals surface area contributed by atoms with Crippen LogP contribution in [0.2, 0.25) is 0 Å². The Kier molecular flexibility index (Phi) is 2.32. The van der Waals surface area contributed by atoms with Gasteiger partial charge in [0.15, 0.2) is 0 Å². The zero-order valence-corrected chi connectivity index (χ0v) is 6.89. The van der Waals surface area contributed by atoms with E-state index < -0.39 is 0 Å². The molecule has 0 bridgehead atoms. The third kappa shape index (κ3) is 1.96. The molecular formula is C8H17NO. The van der Waals surface area contributed by atoms with Gasteiger partial charge in [0.2, 0.25) is 0 Å². The molecular weight excluding hydrogens is 126 g/mol. The first-order valence-electron chi connectivity index (χ1n) is 4.02. The Morgan fingerprint density at radius 2 is 2.30 bits per heavy atom. The SMILES string of the molecule is CC1(C)CCC[C@@H](CN)O1. The Morgan fingerprint density at radius 1 is 1.60 bits per heavy atom. The maximum Gasteiger partial charge on any atom is 0.0704 e. The lowest BCUT2D eigenvalue weighted by molar-refractivity contribution is -0.102. The zero-order valence-electron chi connectivity index (χ0n) is 6.89. The first kappa shape index (κ1) is 8.02. The first-order chi connectivity index (χ1) is 4.64. The molecule has 0 radical (unpaired) electrons. The van der Waals surface area contributed by atoms with Crippen molar-refractivity contribution in [1.29, 1.82) is 0 Å². The number of nitrogens with two attached hydrogens (primary N) is 1. The Balaban J connectivity index is 2.40. The molecule has 1 atom stereocenters. The molecule has 1 heterocycles. The van der Waals surface area contributed by atoms with E-state index in [-0.39, 0.29) is 5.60 Å². The second-order valence-corrected chi connectivity index (χ2v) is 3.63. The van der Waals surface area contributed by atoms with Crippen LogP contribution < -0.4 is 5.73 Å². The van der Waals surface area contributed by atoms with E-state index in [9.17, 15) is 0 Å². The molecule has 2 heteroatoms. The van der Waals surface area contributed by atoms with Crippen LogP contribution in [0.5, 0.6) is 0 Å². The Morgan fingerprint density at radius 3 is 2.70 bits per heavy atom. The van der Waals surface area contributed by atoms with Gasteiger partial charge in [0, 0.05) is 6.54 Å². The van der Waals surface area contributed by atoms with Crippen LogP contribution >= 0.6 is 0 Å². The molecule has 1 saturated heterocycles. The molecule has 1 fully saturated rings. The van der Waals surface area contributed by atoms with Crippen LogP contribution in [-0.4, -0.2) is 18.2 Å². The highest BCUT2D eigenvalue weighted by Gasteiger charge is 2.27. The number of rotatable bonds is 1. The molecule has 2 N–H and O–H groups in total. The van der Waals surface area contributed by atoms with E-state index in [0.717, 1.165) is 6.42 Å². The second kappa shape index (κ2) is 2.89. The molecule has 0 amide bonds. The topological polar surface area (TPSA) is 35.2 Å². The van der Waals surface area contributed by atoms with Crippen molar-refractivity contribution in [2.24, 2.45) is 5.73 Å². The van der Waals surface area contributed by atoms with E-state index in [0.29, 0.717) is 12.6 Å². The van der Waals surface area contributed by atoms with Gasteiger partial charge in [-0.1, -0.05) is 0 Å². The molecule has 1 aliphatic heterocycles. The minimum Gasteiger partial charge on any atom is -0.371 e. The summed E-state index contributed by atoms with van der Waals surface area (Å²) in [6.45, 7) is 4.94. The van der Waals surface area contributed by atoms with Crippen molar-refractivity contribution in [1.82, 2.24) is 0 Å². The number of ether oxygens (including phenoxy) is 1. The zero-order chi connectivity index (χ0) is 7.61. The van der Waals surface area contributed by atoms with Gasteiger partial charge in [0.05, 0.1) is 11.7 Å². The van der Waals surface area contributed by atoms with E-state index in [1.54, 1.807) is 0 Å². The molecule has 0 aliphatic carbocycles. The van der Waals surface area contributed by atoms with Crippen molar-refractivity contribution >= 4 is 0 Å². The third-order valence-electron chi connectivity index (χ3n) is 2.05. The summed E-state index contributed by atoms with van der Waals surface area (Å²) < 4.78 is 5.70. The molecule has 0 aromatic rings. The van der Waals surface area contributed by atoms with Crippen LogP contribution in [-0.2, 0) is 4.74 Å². The van der Waals surface area contributed by atoms with Gasteiger partial charge in [-0.05, 0) is 33.1 Å². The molecule has 1 rings (SSSR count). The minimum atomic E-state index is 0.0717. The van der Waals surface area contributed by atoms with E-state index >= 15 is 0 Å².